The maximum absolute atomic E-state index is 13.1. The number of Topliss-reactive ketones (excluding diaryl/α,β-unsaturated/α-hetero) is 1. The molecule has 5 atom stereocenters. The van der Waals surface area contributed by atoms with E-state index < -0.39 is 7.12 Å². The van der Waals surface area contributed by atoms with Crippen molar-refractivity contribution in [2.75, 3.05) is 13.1 Å². The van der Waals surface area contributed by atoms with Crippen LogP contribution in [0.2, 0.25) is 0 Å². The van der Waals surface area contributed by atoms with Gasteiger partial charge in [-0.1, -0.05) is 25.1 Å². The van der Waals surface area contributed by atoms with Crippen molar-refractivity contribution in [2.45, 2.75) is 78.1 Å². The second kappa shape index (κ2) is 9.30. The number of carbonyl (C=O) groups excluding carboxylic acids is 2. The summed E-state index contributed by atoms with van der Waals surface area (Å²) in [4.78, 5) is 27.5. The number of ketones is 1. The quantitative estimate of drug-likeness (QED) is 0.641. The summed E-state index contributed by atoms with van der Waals surface area (Å²) in [6.07, 6.45) is 7.05. The first-order chi connectivity index (χ1) is 15.3. The summed E-state index contributed by atoms with van der Waals surface area (Å²) in [5.74, 6) is 2.40. The van der Waals surface area contributed by atoms with Crippen LogP contribution in [0.25, 0.3) is 0 Å². The highest BCUT2D eigenvalue weighted by Crippen LogP contribution is 2.62. The molecule has 0 spiro atoms. The van der Waals surface area contributed by atoms with Gasteiger partial charge in [-0.05, 0) is 92.6 Å². The van der Waals surface area contributed by atoms with E-state index in [1.807, 2.05) is 30.9 Å². The minimum Gasteiger partial charge on any atom is -0.423 e. The highest BCUT2D eigenvalue weighted by molar-refractivity contribution is 6.58. The number of hydrogen-bond donors (Lipinski definition) is 2. The fourth-order valence-corrected chi connectivity index (χ4v) is 7.34. The molecule has 0 radical (unpaired) electrons. The molecular formula is C26H38BNO4. The molecule has 1 amide bonds. The maximum atomic E-state index is 13.1. The number of aryl methyl sites for hydroxylation is 1. The summed E-state index contributed by atoms with van der Waals surface area (Å²) < 4.78 is 0. The summed E-state index contributed by atoms with van der Waals surface area (Å²) in [7, 11) is -1.43. The molecule has 3 aliphatic rings. The van der Waals surface area contributed by atoms with Gasteiger partial charge >= 0.3 is 7.12 Å². The highest BCUT2D eigenvalue weighted by Gasteiger charge is 2.58. The van der Waals surface area contributed by atoms with Crippen molar-refractivity contribution in [3.05, 3.63) is 29.3 Å². The van der Waals surface area contributed by atoms with Gasteiger partial charge in [0.25, 0.3) is 0 Å². The molecule has 3 aliphatic carbocycles. The minimum absolute atomic E-state index is 0.215. The van der Waals surface area contributed by atoms with Gasteiger partial charge < -0.3 is 14.9 Å². The van der Waals surface area contributed by atoms with E-state index in [9.17, 15) is 19.6 Å². The molecule has 2 saturated carbocycles. The molecule has 32 heavy (non-hydrogen) atoms. The lowest BCUT2D eigenvalue weighted by Crippen LogP contribution is -2.44. The van der Waals surface area contributed by atoms with Gasteiger partial charge in [-0.3, -0.25) is 9.59 Å². The van der Waals surface area contributed by atoms with E-state index in [2.05, 4.69) is 13.0 Å². The van der Waals surface area contributed by atoms with Crippen LogP contribution in [0.4, 0.5) is 0 Å². The molecule has 0 heterocycles. The van der Waals surface area contributed by atoms with E-state index in [0.717, 1.165) is 51.6 Å². The summed E-state index contributed by atoms with van der Waals surface area (Å²) in [6.45, 7) is 7.77. The molecule has 174 valence electrons. The van der Waals surface area contributed by atoms with Gasteiger partial charge in [0.2, 0.25) is 5.91 Å². The van der Waals surface area contributed by atoms with Crippen LogP contribution in [0, 0.1) is 23.2 Å². The molecule has 6 heteroatoms. The van der Waals surface area contributed by atoms with Crippen molar-refractivity contribution in [3.8, 4) is 0 Å². The third-order valence-electron chi connectivity index (χ3n) is 8.97. The zero-order valence-corrected chi connectivity index (χ0v) is 19.8. The molecule has 2 fully saturated rings. The van der Waals surface area contributed by atoms with Crippen molar-refractivity contribution >= 4 is 24.3 Å². The Hall–Kier alpha value is -1.66. The largest absolute Gasteiger partial charge is 0.488 e. The van der Waals surface area contributed by atoms with Crippen LogP contribution in [-0.2, 0) is 16.0 Å². The number of hydrogen-bond acceptors (Lipinski definition) is 4. The second-order valence-electron chi connectivity index (χ2n) is 10.5. The van der Waals surface area contributed by atoms with Crippen LogP contribution in [0.1, 0.15) is 82.8 Å². The number of benzene rings is 1. The maximum Gasteiger partial charge on any atom is 0.488 e. The SMILES string of the molecule is CCN(CC)C(=O)CCC[C@H]1CC(=O)[C@@]2(C)CC[C@@H]3c4ccc(B(O)O)cc4CC[C@H]3[C@H]12. The summed E-state index contributed by atoms with van der Waals surface area (Å²) in [6, 6.07) is 5.90. The smallest absolute Gasteiger partial charge is 0.423 e. The lowest BCUT2D eigenvalue weighted by molar-refractivity contribution is -0.131. The van der Waals surface area contributed by atoms with Crippen LogP contribution < -0.4 is 5.46 Å². The van der Waals surface area contributed by atoms with Crippen molar-refractivity contribution in [1.29, 1.82) is 0 Å². The minimum atomic E-state index is -1.43. The molecule has 1 aromatic carbocycles. The van der Waals surface area contributed by atoms with Crippen molar-refractivity contribution < 1.29 is 19.6 Å². The lowest BCUT2D eigenvalue weighted by atomic mass is 9.53. The van der Waals surface area contributed by atoms with E-state index in [0.29, 0.717) is 47.8 Å². The number of rotatable bonds is 7. The Balaban J connectivity index is 1.51. The van der Waals surface area contributed by atoms with Crippen LogP contribution >= 0.6 is 0 Å². The standard InChI is InChI=1S/C26H38BNO4/c1-4-28(5-2)24(30)8-6-7-18-16-23(29)26(3)14-13-21-20-12-10-19(27(31)32)15-17(20)9-11-22(21)25(18)26/h10,12,15,18,21-22,25,31-32H,4-9,11,13-14,16H2,1-3H3/t18-,21+,22+,25-,26+/m0/s1. The van der Waals surface area contributed by atoms with Gasteiger partial charge in [0.15, 0.2) is 0 Å². The Morgan fingerprint density at radius 1 is 1.22 bits per heavy atom. The van der Waals surface area contributed by atoms with Crippen LogP contribution in [0.15, 0.2) is 18.2 Å². The van der Waals surface area contributed by atoms with Crippen molar-refractivity contribution in [2.24, 2.45) is 23.2 Å². The normalized spacial score (nSPS) is 31.0. The molecular weight excluding hydrogens is 401 g/mol. The second-order valence-corrected chi connectivity index (χ2v) is 10.5. The predicted octanol–water partition coefficient (Wildman–Crippen LogP) is 3.06. The van der Waals surface area contributed by atoms with E-state index in [-0.39, 0.29) is 11.3 Å². The topological polar surface area (TPSA) is 77.8 Å². The molecule has 0 aliphatic heterocycles. The first kappa shape index (κ1) is 23.5. The van der Waals surface area contributed by atoms with Crippen molar-refractivity contribution in [1.82, 2.24) is 4.90 Å². The Labute approximate surface area is 192 Å². The van der Waals surface area contributed by atoms with E-state index in [1.165, 1.54) is 11.1 Å². The van der Waals surface area contributed by atoms with Gasteiger partial charge in [-0.15, -0.1) is 0 Å². The number of fused-ring (bicyclic) bond motifs is 5. The molecule has 4 rings (SSSR count). The van der Waals surface area contributed by atoms with Crippen molar-refractivity contribution in [3.63, 3.8) is 0 Å². The first-order valence-electron chi connectivity index (χ1n) is 12.6. The average molecular weight is 439 g/mol. The zero-order chi connectivity index (χ0) is 23.0. The van der Waals surface area contributed by atoms with Crippen LogP contribution in [-0.4, -0.2) is 46.8 Å². The predicted molar refractivity (Wildman–Crippen MR) is 127 cm³/mol. The highest BCUT2D eigenvalue weighted by atomic mass is 16.4. The van der Waals surface area contributed by atoms with Gasteiger partial charge in [-0.2, -0.15) is 0 Å². The van der Waals surface area contributed by atoms with Crippen LogP contribution in [0.5, 0.6) is 0 Å². The summed E-state index contributed by atoms with van der Waals surface area (Å²) >= 11 is 0. The molecule has 5 nitrogen and oxygen atoms in total. The number of carbonyl (C=O) groups is 2. The molecule has 1 aromatic rings. The Morgan fingerprint density at radius 2 is 1.97 bits per heavy atom. The number of nitrogens with zero attached hydrogens (tertiary/aromatic N) is 1. The Kier molecular flexibility index (Phi) is 6.83. The lowest BCUT2D eigenvalue weighted by Gasteiger charge is -2.50. The van der Waals surface area contributed by atoms with Gasteiger partial charge in [0.1, 0.15) is 5.78 Å². The first-order valence-corrected chi connectivity index (χ1v) is 12.6. The molecule has 0 aromatic heterocycles. The molecule has 0 unspecified atom stereocenters. The average Bonchev–Trinajstić information content (AvgIpc) is 3.04. The van der Waals surface area contributed by atoms with Gasteiger partial charge in [0, 0.05) is 31.3 Å². The summed E-state index contributed by atoms with van der Waals surface area (Å²) in [5, 5.41) is 19.1. The Morgan fingerprint density at radius 3 is 2.66 bits per heavy atom. The van der Waals surface area contributed by atoms with E-state index in [4.69, 9.17) is 0 Å². The molecule has 0 bridgehead atoms. The molecule has 2 N–H and O–H groups in total. The third-order valence-corrected chi connectivity index (χ3v) is 8.97. The Bertz CT molecular complexity index is 867. The fourth-order valence-electron chi connectivity index (χ4n) is 7.34. The monoisotopic (exact) mass is 439 g/mol. The summed E-state index contributed by atoms with van der Waals surface area (Å²) in [5.41, 5.74) is 2.94. The third kappa shape index (κ3) is 4.05. The fraction of sp³-hybridized carbons (Fsp3) is 0.692. The van der Waals surface area contributed by atoms with Crippen LogP contribution in [0.3, 0.4) is 0 Å². The van der Waals surface area contributed by atoms with E-state index >= 15 is 0 Å². The van der Waals surface area contributed by atoms with Gasteiger partial charge in [0.05, 0.1) is 0 Å². The zero-order valence-electron chi connectivity index (χ0n) is 19.8. The molecule has 0 saturated heterocycles. The number of amides is 1. The van der Waals surface area contributed by atoms with E-state index in [1.54, 1.807) is 0 Å². The van der Waals surface area contributed by atoms with Gasteiger partial charge in [-0.25, -0.2) is 0 Å².